The highest BCUT2D eigenvalue weighted by Crippen LogP contribution is 2.42. The number of hydrogen-bond acceptors (Lipinski definition) is 7. The van der Waals surface area contributed by atoms with Crippen LogP contribution in [0.15, 0.2) is 65.7 Å². The van der Waals surface area contributed by atoms with Crippen LogP contribution in [0.1, 0.15) is 18.9 Å². The normalized spacial score (nSPS) is 26.9. The van der Waals surface area contributed by atoms with Gasteiger partial charge in [0.25, 0.3) is 10.0 Å². The molecule has 0 unspecified atom stereocenters. The van der Waals surface area contributed by atoms with E-state index in [2.05, 4.69) is 0 Å². The number of rotatable bonds is 6. The van der Waals surface area contributed by atoms with Crippen molar-refractivity contribution in [3.8, 4) is 0 Å². The van der Waals surface area contributed by atoms with E-state index >= 15 is 0 Å². The predicted octanol–water partition coefficient (Wildman–Crippen LogP) is 1.57. The van der Waals surface area contributed by atoms with E-state index in [0.29, 0.717) is 10.9 Å². The van der Waals surface area contributed by atoms with Crippen molar-refractivity contribution >= 4 is 20.9 Å². The van der Waals surface area contributed by atoms with E-state index in [-0.39, 0.29) is 23.5 Å². The minimum atomic E-state index is -3.95. The first-order valence-corrected chi connectivity index (χ1v) is 11.5. The van der Waals surface area contributed by atoms with Gasteiger partial charge < -0.3 is 24.8 Å². The van der Waals surface area contributed by atoms with Crippen LogP contribution in [-0.4, -0.2) is 59.4 Å². The zero-order chi connectivity index (χ0) is 22.2. The fourth-order valence-corrected chi connectivity index (χ4v) is 5.43. The third-order valence-corrected chi connectivity index (χ3v) is 7.27. The fraction of sp³-hybridized carbons (Fsp3) is 0.364. The minimum Gasteiger partial charge on any atom is -0.394 e. The summed E-state index contributed by atoms with van der Waals surface area (Å²) in [5, 5.41) is 32.1. The summed E-state index contributed by atoms with van der Waals surface area (Å²) in [6.45, 7) is 1.50. The Bertz CT molecular complexity index is 1160. The molecule has 9 heteroatoms. The lowest BCUT2D eigenvalue weighted by Gasteiger charge is -2.44. The van der Waals surface area contributed by atoms with Crippen molar-refractivity contribution in [2.24, 2.45) is 0 Å². The maximum atomic E-state index is 13.4. The molecule has 0 saturated carbocycles. The van der Waals surface area contributed by atoms with Crippen molar-refractivity contribution in [2.45, 2.75) is 42.3 Å². The first-order chi connectivity index (χ1) is 14.8. The number of nitrogens with zero attached hydrogens (tertiary/aromatic N) is 1. The van der Waals surface area contributed by atoms with E-state index in [1.54, 1.807) is 49.4 Å². The highest BCUT2D eigenvalue weighted by atomic mass is 32.2. The average Bonchev–Trinajstić information content (AvgIpc) is 3.18. The summed E-state index contributed by atoms with van der Waals surface area (Å²) in [6, 6.07) is 14.8. The molecule has 0 aliphatic carbocycles. The zero-order valence-electron chi connectivity index (χ0n) is 17.0. The van der Waals surface area contributed by atoms with Gasteiger partial charge in [-0.2, -0.15) is 0 Å². The van der Waals surface area contributed by atoms with Gasteiger partial charge in [0.05, 0.1) is 23.1 Å². The molecule has 1 fully saturated rings. The Balaban J connectivity index is 1.91. The van der Waals surface area contributed by atoms with Crippen LogP contribution in [0.5, 0.6) is 0 Å². The number of benzene rings is 2. The summed E-state index contributed by atoms with van der Waals surface area (Å²) < 4.78 is 39.1. The van der Waals surface area contributed by atoms with Crippen LogP contribution in [0, 0.1) is 0 Å². The fourth-order valence-electron chi connectivity index (χ4n) is 4.04. The molecule has 1 saturated heterocycles. The van der Waals surface area contributed by atoms with Gasteiger partial charge >= 0.3 is 0 Å². The van der Waals surface area contributed by atoms with Gasteiger partial charge in [-0.1, -0.05) is 36.4 Å². The maximum absolute atomic E-state index is 13.4. The molecule has 0 spiro atoms. The molecule has 3 N–H and O–H groups in total. The summed E-state index contributed by atoms with van der Waals surface area (Å²) in [5.41, 5.74) is -1.20. The Morgan fingerprint density at radius 1 is 1.16 bits per heavy atom. The van der Waals surface area contributed by atoms with Crippen molar-refractivity contribution in [3.63, 3.8) is 0 Å². The summed E-state index contributed by atoms with van der Waals surface area (Å²) in [4.78, 5) is 0.107. The minimum absolute atomic E-state index is 0.107. The van der Waals surface area contributed by atoms with Gasteiger partial charge in [0.2, 0.25) is 0 Å². The summed E-state index contributed by atoms with van der Waals surface area (Å²) in [5.74, 6) is 0. The topological polar surface area (TPSA) is 118 Å². The molecule has 1 aliphatic heterocycles. The molecule has 31 heavy (non-hydrogen) atoms. The molecule has 1 aliphatic rings. The third kappa shape index (κ3) is 3.67. The molecule has 4 rings (SSSR count). The molecule has 2 aromatic carbocycles. The van der Waals surface area contributed by atoms with Gasteiger partial charge in [-0.05, 0) is 25.1 Å². The molecule has 4 atom stereocenters. The highest BCUT2D eigenvalue weighted by Gasteiger charge is 2.50. The molecule has 3 aromatic rings. The summed E-state index contributed by atoms with van der Waals surface area (Å²) in [6.07, 6.45) is -2.12. The number of hydrogen-bond donors (Lipinski definition) is 3. The molecule has 8 nitrogen and oxygen atoms in total. The summed E-state index contributed by atoms with van der Waals surface area (Å²) in [7, 11) is -3.95. The Labute approximate surface area is 180 Å². The second-order valence-corrected chi connectivity index (χ2v) is 9.33. The van der Waals surface area contributed by atoms with Crippen LogP contribution < -0.4 is 0 Å². The number of aliphatic hydroxyl groups is 3. The molecular weight excluding hydrogens is 422 g/mol. The average molecular weight is 448 g/mol. The highest BCUT2D eigenvalue weighted by molar-refractivity contribution is 7.90. The van der Waals surface area contributed by atoms with Gasteiger partial charge in [-0.15, -0.1) is 0 Å². The van der Waals surface area contributed by atoms with E-state index in [1.807, 2.05) is 0 Å². The lowest BCUT2D eigenvalue weighted by atomic mass is 9.83. The van der Waals surface area contributed by atoms with E-state index in [0.717, 1.165) is 3.97 Å². The smallest absolute Gasteiger partial charge is 0.268 e. The molecule has 1 aromatic heterocycles. The van der Waals surface area contributed by atoms with E-state index in [4.69, 9.17) is 9.47 Å². The first-order valence-electron chi connectivity index (χ1n) is 10.0. The standard InChI is InChI=1S/C22H25NO7S/c1-2-29-21-22(26,12-19(25)20(14-24)30-21)17-13-23(18-11-7-6-10-16(17)18)31(27,28)15-8-4-3-5-9-15/h3-11,13,19-21,24-26H,2,12,14H2,1H3/t19-,20+,21+,22-/m0/s1. The van der Waals surface area contributed by atoms with Crippen molar-refractivity contribution in [3.05, 3.63) is 66.4 Å². The molecule has 0 amide bonds. The van der Waals surface area contributed by atoms with Crippen LogP contribution in [-0.2, 0) is 25.1 Å². The van der Waals surface area contributed by atoms with E-state index in [1.165, 1.54) is 18.3 Å². The van der Waals surface area contributed by atoms with Crippen molar-refractivity contribution in [2.75, 3.05) is 13.2 Å². The van der Waals surface area contributed by atoms with Crippen LogP contribution in [0.3, 0.4) is 0 Å². The monoisotopic (exact) mass is 447 g/mol. The van der Waals surface area contributed by atoms with Crippen LogP contribution >= 0.6 is 0 Å². The molecule has 0 bridgehead atoms. The zero-order valence-corrected chi connectivity index (χ0v) is 17.8. The van der Waals surface area contributed by atoms with Gasteiger partial charge in [0.15, 0.2) is 6.29 Å². The van der Waals surface area contributed by atoms with Gasteiger partial charge in [-0.3, -0.25) is 0 Å². The molecule has 166 valence electrons. The Hall–Kier alpha value is -2.27. The maximum Gasteiger partial charge on any atom is 0.268 e. The lowest BCUT2D eigenvalue weighted by molar-refractivity contribution is -0.311. The van der Waals surface area contributed by atoms with Crippen LogP contribution in [0.25, 0.3) is 10.9 Å². The van der Waals surface area contributed by atoms with E-state index in [9.17, 15) is 23.7 Å². The first kappa shape index (κ1) is 21.9. The van der Waals surface area contributed by atoms with Gasteiger partial charge in [0, 0.05) is 30.2 Å². The number of aromatic nitrogens is 1. The van der Waals surface area contributed by atoms with Crippen LogP contribution in [0.2, 0.25) is 0 Å². The SMILES string of the molecule is CCO[C@@H]1O[C@H](CO)[C@@H](O)C[C@]1(O)c1cn(S(=O)(=O)c2ccccc2)c2ccccc12. The molecular formula is C22H25NO7S. The quantitative estimate of drug-likeness (QED) is 0.525. The largest absolute Gasteiger partial charge is 0.394 e. The Morgan fingerprint density at radius 2 is 1.84 bits per heavy atom. The van der Waals surface area contributed by atoms with Crippen molar-refractivity contribution in [1.29, 1.82) is 0 Å². The number of para-hydroxylation sites is 1. The lowest BCUT2D eigenvalue weighted by Crippen LogP contribution is -2.56. The number of aliphatic hydroxyl groups excluding tert-OH is 2. The van der Waals surface area contributed by atoms with Gasteiger partial charge in [-0.25, -0.2) is 12.4 Å². The molecule has 0 radical (unpaired) electrons. The number of ether oxygens (including phenoxy) is 2. The Morgan fingerprint density at radius 3 is 2.52 bits per heavy atom. The third-order valence-electron chi connectivity index (χ3n) is 5.58. The van der Waals surface area contributed by atoms with Crippen molar-refractivity contribution in [1.82, 2.24) is 3.97 Å². The second-order valence-electron chi connectivity index (χ2n) is 7.51. The Kier molecular flexibility index (Phi) is 5.91. The summed E-state index contributed by atoms with van der Waals surface area (Å²) >= 11 is 0. The van der Waals surface area contributed by atoms with E-state index < -0.39 is 40.7 Å². The number of fused-ring (bicyclic) bond motifs is 1. The van der Waals surface area contributed by atoms with Gasteiger partial charge in [0.1, 0.15) is 11.7 Å². The second kappa shape index (κ2) is 8.34. The van der Waals surface area contributed by atoms with Crippen LogP contribution in [0.4, 0.5) is 0 Å². The predicted molar refractivity (Wildman–Crippen MR) is 113 cm³/mol. The van der Waals surface area contributed by atoms with Crippen molar-refractivity contribution < 1.29 is 33.2 Å². The molecule has 2 heterocycles.